The van der Waals surface area contributed by atoms with Crippen molar-refractivity contribution in [3.05, 3.63) is 40.1 Å². The van der Waals surface area contributed by atoms with Gasteiger partial charge in [-0.25, -0.2) is 13.5 Å². The van der Waals surface area contributed by atoms with Gasteiger partial charge in [-0.15, -0.1) is 5.10 Å². The molecule has 0 radical (unpaired) electrons. The Hall–Kier alpha value is -1.83. The summed E-state index contributed by atoms with van der Waals surface area (Å²) in [4.78, 5) is 10.5. The van der Waals surface area contributed by atoms with E-state index in [1.54, 1.807) is 0 Å². The van der Waals surface area contributed by atoms with E-state index < -0.39 is 17.6 Å². The van der Waals surface area contributed by atoms with Crippen LogP contribution in [0.5, 0.6) is 0 Å². The molecule has 0 bridgehead atoms. The van der Waals surface area contributed by atoms with Gasteiger partial charge in [0.25, 0.3) is 0 Å². The highest BCUT2D eigenvalue weighted by Crippen LogP contribution is 2.22. The van der Waals surface area contributed by atoms with E-state index >= 15 is 0 Å². The van der Waals surface area contributed by atoms with Crippen LogP contribution in [0.15, 0.2) is 22.8 Å². The first-order valence-corrected chi connectivity index (χ1v) is 5.54. The number of aromatic nitrogens is 3. The summed E-state index contributed by atoms with van der Waals surface area (Å²) in [7, 11) is 0. The predicted octanol–water partition coefficient (Wildman–Crippen LogP) is 1.94. The Morgan fingerprint density at radius 3 is 2.78 bits per heavy atom. The molecule has 2 aromatic rings. The van der Waals surface area contributed by atoms with Crippen molar-refractivity contribution in [2.24, 2.45) is 0 Å². The van der Waals surface area contributed by atoms with Gasteiger partial charge in [-0.1, -0.05) is 5.21 Å². The number of aliphatic carboxylic acids is 1. The molecule has 0 unspecified atom stereocenters. The minimum absolute atomic E-state index is 0.0209. The second kappa shape index (κ2) is 4.81. The van der Waals surface area contributed by atoms with E-state index in [0.29, 0.717) is 6.07 Å². The third-order valence-corrected chi connectivity index (χ3v) is 2.72. The molecule has 0 saturated carbocycles. The van der Waals surface area contributed by atoms with E-state index in [1.165, 1.54) is 12.3 Å². The molecule has 0 spiro atoms. The van der Waals surface area contributed by atoms with Gasteiger partial charge in [-0.05, 0) is 22.0 Å². The second-order valence-electron chi connectivity index (χ2n) is 3.44. The van der Waals surface area contributed by atoms with Gasteiger partial charge in [0.15, 0.2) is 5.82 Å². The van der Waals surface area contributed by atoms with Crippen LogP contribution >= 0.6 is 15.9 Å². The topological polar surface area (TPSA) is 68.0 Å². The highest BCUT2D eigenvalue weighted by Gasteiger charge is 2.13. The Bertz CT molecular complexity index is 615. The van der Waals surface area contributed by atoms with E-state index in [9.17, 15) is 13.6 Å². The third-order valence-electron chi connectivity index (χ3n) is 2.11. The van der Waals surface area contributed by atoms with Gasteiger partial charge < -0.3 is 5.11 Å². The predicted molar refractivity (Wildman–Crippen MR) is 60.3 cm³/mol. The molecule has 8 heteroatoms. The van der Waals surface area contributed by atoms with Crippen LogP contribution < -0.4 is 0 Å². The number of carboxylic acid groups (broad SMARTS) is 1. The van der Waals surface area contributed by atoms with E-state index in [-0.39, 0.29) is 22.3 Å². The van der Waals surface area contributed by atoms with E-state index in [4.69, 9.17) is 5.11 Å². The van der Waals surface area contributed by atoms with Crippen molar-refractivity contribution >= 4 is 21.9 Å². The van der Waals surface area contributed by atoms with Gasteiger partial charge in [0, 0.05) is 6.07 Å². The van der Waals surface area contributed by atoms with Gasteiger partial charge in [-0.2, -0.15) is 0 Å². The number of benzene rings is 1. The molecule has 94 valence electrons. The van der Waals surface area contributed by atoms with Crippen molar-refractivity contribution in [1.29, 1.82) is 0 Å². The Labute approximate surface area is 108 Å². The quantitative estimate of drug-likeness (QED) is 0.878. The number of hydrogen-bond donors (Lipinski definition) is 1. The average Bonchev–Trinajstić information content (AvgIpc) is 2.70. The molecule has 0 fully saturated rings. The maximum atomic E-state index is 13.5. The van der Waals surface area contributed by atoms with Crippen molar-refractivity contribution in [2.45, 2.75) is 6.42 Å². The Kier molecular flexibility index (Phi) is 3.37. The zero-order chi connectivity index (χ0) is 13.3. The Balaban J connectivity index is 2.40. The molecule has 0 aliphatic heterocycles. The molecule has 0 aliphatic carbocycles. The molecule has 0 saturated heterocycles. The minimum Gasteiger partial charge on any atom is -0.481 e. The van der Waals surface area contributed by atoms with Crippen molar-refractivity contribution < 1.29 is 18.7 Å². The minimum atomic E-state index is -1.07. The number of carbonyl (C=O) groups is 1. The lowest BCUT2D eigenvalue weighted by Crippen LogP contribution is -2.00. The highest BCUT2D eigenvalue weighted by atomic mass is 79.9. The number of carboxylic acids is 1. The standard InChI is InChI=1S/C10H6BrF2N3O2/c11-6-2-9(8(13)3-7(6)12)16-4-5(14-15-16)1-10(17)18/h2-4H,1H2,(H,17,18). The van der Waals surface area contributed by atoms with E-state index in [0.717, 1.165) is 4.68 Å². The fourth-order valence-electron chi connectivity index (χ4n) is 1.34. The molecule has 0 atom stereocenters. The van der Waals surface area contributed by atoms with Crippen molar-refractivity contribution in [3.8, 4) is 5.69 Å². The fraction of sp³-hybridized carbons (Fsp3) is 0.100. The molecular weight excluding hydrogens is 312 g/mol. The van der Waals surface area contributed by atoms with Crippen LogP contribution in [0.25, 0.3) is 5.69 Å². The number of nitrogens with zero attached hydrogens (tertiary/aromatic N) is 3. The normalized spacial score (nSPS) is 10.6. The maximum absolute atomic E-state index is 13.5. The molecule has 1 aromatic carbocycles. The van der Waals surface area contributed by atoms with Gasteiger partial charge >= 0.3 is 5.97 Å². The van der Waals surface area contributed by atoms with Crippen molar-refractivity contribution in [3.63, 3.8) is 0 Å². The maximum Gasteiger partial charge on any atom is 0.309 e. The second-order valence-corrected chi connectivity index (χ2v) is 4.30. The van der Waals surface area contributed by atoms with E-state index in [1.807, 2.05) is 0 Å². The lowest BCUT2D eigenvalue weighted by Gasteiger charge is -2.03. The van der Waals surface area contributed by atoms with E-state index in [2.05, 4.69) is 26.2 Å². The van der Waals surface area contributed by atoms with Gasteiger partial charge in [0.2, 0.25) is 0 Å². The zero-order valence-electron chi connectivity index (χ0n) is 8.77. The van der Waals surface area contributed by atoms with Crippen LogP contribution in [-0.2, 0) is 11.2 Å². The van der Waals surface area contributed by atoms with Crippen LogP contribution in [0.3, 0.4) is 0 Å². The summed E-state index contributed by atoms with van der Waals surface area (Å²) >= 11 is 2.93. The highest BCUT2D eigenvalue weighted by molar-refractivity contribution is 9.10. The third kappa shape index (κ3) is 2.53. The summed E-state index contributed by atoms with van der Waals surface area (Å²) in [6.45, 7) is 0. The molecule has 1 heterocycles. The van der Waals surface area contributed by atoms with Crippen LogP contribution in [0.2, 0.25) is 0 Å². The largest absolute Gasteiger partial charge is 0.481 e. The number of hydrogen-bond acceptors (Lipinski definition) is 3. The van der Waals surface area contributed by atoms with Gasteiger partial charge in [-0.3, -0.25) is 4.79 Å². The molecule has 0 amide bonds. The summed E-state index contributed by atoms with van der Waals surface area (Å²) in [5, 5.41) is 15.7. The molecular formula is C10H6BrF2N3O2. The summed E-state index contributed by atoms with van der Waals surface area (Å²) in [6, 6.07) is 1.90. The molecule has 1 N–H and O–H groups in total. The van der Waals surface area contributed by atoms with Crippen LogP contribution in [0.4, 0.5) is 8.78 Å². The summed E-state index contributed by atoms with van der Waals surface area (Å²) in [5.74, 6) is -2.62. The lowest BCUT2D eigenvalue weighted by molar-refractivity contribution is -0.136. The molecule has 1 aromatic heterocycles. The summed E-state index contributed by atoms with van der Waals surface area (Å²) in [5.41, 5.74) is 0.162. The number of rotatable bonds is 3. The number of halogens is 3. The first kappa shape index (κ1) is 12.6. The van der Waals surface area contributed by atoms with Crippen molar-refractivity contribution in [2.75, 3.05) is 0 Å². The van der Waals surface area contributed by atoms with Crippen LogP contribution in [0, 0.1) is 11.6 Å². The van der Waals surface area contributed by atoms with Crippen molar-refractivity contribution in [1.82, 2.24) is 15.0 Å². The first-order valence-electron chi connectivity index (χ1n) is 4.75. The summed E-state index contributed by atoms with van der Waals surface area (Å²) < 4.78 is 27.7. The molecule has 18 heavy (non-hydrogen) atoms. The van der Waals surface area contributed by atoms with Gasteiger partial charge in [0.1, 0.15) is 11.5 Å². The van der Waals surface area contributed by atoms with Crippen LogP contribution in [0.1, 0.15) is 5.69 Å². The summed E-state index contributed by atoms with van der Waals surface area (Å²) in [6.07, 6.45) is 0.959. The van der Waals surface area contributed by atoms with Gasteiger partial charge in [0.05, 0.1) is 22.8 Å². The fourth-order valence-corrected chi connectivity index (χ4v) is 1.67. The smallest absolute Gasteiger partial charge is 0.309 e. The molecule has 5 nitrogen and oxygen atoms in total. The Morgan fingerprint density at radius 1 is 1.39 bits per heavy atom. The zero-order valence-corrected chi connectivity index (χ0v) is 10.4. The lowest BCUT2D eigenvalue weighted by atomic mass is 10.3. The molecule has 2 rings (SSSR count). The van der Waals surface area contributed by atoms with Crippen LogP contribution in [-0.4, -0.2) is 26.1 Å². The average molecular weight is 318 g/mol. The SMILES string of the molecule is O=C(O)Cc1cn(-c2cc(Br)c(F)cc2F)nn1. The Morgan fingerprint density at radius 2 is 2.11 bits per heavy atom. The first-order chi connectivity index (χ1) is 8.47. The monoisotopic (exact) mass is 317 g/mol. The molecule has 0 aliphatic rings.